The summed E-state index contributed by atoms with van der Waals surface area (Å²) in [7, 11) is -3.89. The van der Waals surface area contributed by atoms with Gasteiger partial charge in [-0.3, -0.25) is 9.59 Å². The first kappa shape index (κ1) is 31.8. The van der Waals surface area contributed by atoms with Crippen LogP contribution in [-0.4, -0.2) is 66.4 Å². The summed E-state index contributed by atoms with van der Waals surface area (Å²) in [4.78, 5) is 28.4. The summed E-state index contributed by atoms with van der Waals surface area (Å²) in [6.07, 6.45) is 3.31. The average molecular weight is 623 g/mol. The molecule has 2 aliphatic heterocycles. The van der Waals surface area contributed by atoms with E-state index >= 15 is 0 Å². The van der Waals surface area contributed by atoms with Crippen LogP contribution in [0.25, 0.3) is 0 Å². The average Bonchev–Trinajstić information content (AvgIpc) is 3.01. The Morgan fingerprint density at radius 2 is 1.52 bits per heavy atom. The number of carbonyl (C=O) groups is 2. The van der Waals surface area contributed by atoms with Crippen LogP contribution in [0, 0.1) is 30.5 Å². The number of aromatic hydroxyl groups is 2. The number of nitrogens with one attached hydrogen (secondary N) is 1. The molecule has 0 radical (unpaired) electrons. The van der Waals surface area contributed by atoms with Crippen molar-refractivity contribution < 1.29 is 32.6 Å². The Morgan fingerprint density at radius 1 is 0.932 bits per heavy atom. The number of carbonyl (C=O) groups excluding carboxylic acids is 2. The molecule has 2 aliphatic rings. The quantitative estimate of drug-likeness (QED) is 0.270. The number of hydrogen-bond acceptors (Lipinski definition) is 7. The van der Waals surface area contributed by atoms with E-state index in [1.54, 1.807) is 13.0 Å². The molecule has 0 aromatic heterocycles. The molecule has 0 saturated carbocycles. The Kier molecular flexibility index (Phi) is 9.82. The van der Waals surface area contributed by atoms with Crippen molar-refractivity contribution in [3.63, 3.8) is 0 Å². The lowest BCUT2D eigenvalue weighted by atomic mass is 9.68. The van der Waals surface area contributed by atoms with Crippen molar-refractivity contribution in [3.8, 4) is 11.5 Å². The molecule has 234 valence electrons. The van der Waals surface area contributed by atoms with Crippen molar-refractivity contribution in [1.29, 1.82) is 0 Å². The van der Waals surface area contributed by atoms with Crippen LogP contribution in [0.1, 0.15) is 63.4 Å². The molecule has 0 spiro atoms. The summed E-state index contributed by atoms with van der Waals surface area (Å²) in [5.74, 6) is -4.32. The van der Waals surface area contributed by atoms with Gasteiger partial charge in [-0.05, 0) is 93.1 Å². The van der Waals surface area contributed by atoms with Crippen LogP contribution in [-0.2, 0) is 10.0 Å². The molecule has 0 amide bonds. The van der Waals surface area contributed by atoms with Crippen LogP contribution in [0.4, 0.5) is 4.39 Å². The van der Waals surface area contributed by atoms with Crippen molar-refractivity contribution in [3.05, 3.63) is 94.8 Å². The first-order valence-corrected chi connectivity index (χ1v) is 16.8. The fraction of sp³-hybridized carbons (Fsp3) is 0.412. The number of halogens is 1. The molecule has 2 unspecified atom stereocenters. The molecular weight excluding hydrogens is 583 g/mol. The molecule has 2 saturated heterocycles. The molecule has 10 heteroatoms. The number of Topliss-reactive ketones (excluding diaryl/α,β-unsaturated/α-hetero) is 2. The van der Waals surface area contributed by atoms with E-state index in [0.29, 0.717) is 17.9 Å². The minimum absolute atomic E-state index is 0.118. The summed E-state index contributed by atoms with van der Waals surface area (Å²) < 4.78 is 43.9. The zero-order chi connectivity index (χ0) is 31.4. The summed E-state index contributed by atoms with van der Waals surface area (Å²) in [6.45, 7) is 3.04. The lowest BCUT2D eigenvalue weighted by molar-refractivity contribution is 0.0694. The molecule has 0 bridgehead atoms. The second-order valence-corrected chi connectivity index (χ2v) is 14.1. The molecule has 4 atom stereocenters. The van der Waals surface area contributed by atoms with E-state index in [0.717, 1.165) is 32.4 Å². The van der Waals surface area contributed by atoms with Gasteiger partial charge in [0.1, 0.15) is 17.3 Å². The molecule has 3 aromatic rings. The molecule has 0 aliphatic carbocycles. The van der Waals surface area contributed by atoms with Crippen LogP contribution in [0.15, 0.2) is 66.7 Å². The lowest BCUT2D eigenvalue weighted by Crippen LogP contribution is -2.52. The maximum atomic E-state index is 15.0. The summed E-state index contributed by atoms with van der Waals surface area (Å²) in [6, 6.07) is 16.1. The number of rotatable bonds is 10. The van der Waals surface area contributed by atoms with Gasteiger partial charge in [0.15, 0.2) is 11.6 Å². The predicted molar refractivity (Wildman–Crippen MR) is 166 cm³/mol. The van der Waals surface area contributed by atoms with Crippen molar-refractivity contribution in [2.45, 2.75) is 38.5 Å². The largest absolute Gasteiger partial charge is 0.508 e. The molecular formula is C34H39FN2O6S. The smallest absolute Gasteiger partial charge is 0.214 e. The highest BCUT2D eigenvalue weighted by atomic mass is 32.2. The normalized spacial score (nSPS) is 22.9. The maximum Gasteiger partial charge on any atom is 0.214 e. The fourth-order valence-corrected chi connectivity index (χ4v) is 8.32. The van der Waals surface area contributed by atoms with Gasteiger partial charge in [0.2, 0.25) is 10.0 Å². The Balaban J connectivity index is 1.56. The molecule has 8 nitrogen and oxygen atoms in total. The number of phenolic OH excluding ortho intramolecular Hbond substituents is 2. The maximum absolute atomic E-state index is 15.0. The standard InChI is InChI=1S/C34H39FN2O6S/c1-22-28(13-4-14-31(22)35)32-29(33(40)24-9-2-11-26(38)17-24)20-37(21-30(32)34(41)25-10-3-12-27(39)18-25)44(42,43)16-6-8-23-7-5-15-36-19-23/h2-4,9-14,17-18,23,29-30,32,36,38-39H,5-8,15-16,19-21H2,1H3/t23?,29-,30+,32?. The number of ketones is 2. The van der Waals surface area contributed by atoms with Crippen LogP contribution in [0.3, 0.4) is 0 Å². The van der Waals surface area contributed by atoms with E-state index in [4.69, 9.17) is 0 Å². The Morgan fingerprint density at radius 3 is 2.07 bits per heavy atom. The second-order valence-electron chi connectivity index (χ2n) is 12.0. The van der Waals surface area contributed by atoms with Gasteiger partial charge in [0, 0.05) is 42.0 Å². The van der Waals surface area contributed by atoms with Crippen LogP contribution in [0.2, 0.25) is 0 Å². The van der Waals surface area contributed by atoms with Crippen LogP contribution < -0.4 is 5.32 Å². The first-order valence-electron chi connectivity index (χ1n) is 15.1. The Labute approximate surface area is 258 Å². The molecule has 44 heavy (non-hydrogen) atoms. The van der Waals surface area contributed by atoms with Gasteiger partial charge < -0.3 is 15.5 Å². The summed E-state index contributed by atoms with van der Waals surface area (Å²) in [5, 5.41) is 23.6. The highest BCUT2D eigenvalue weighted by Crippen LogP contribution is 2.43. The van der Waals surface area contributed by atoms with Gasteiger partial charge in [-0.15, -0.1) is 0 Å². The highest BCUT2D eigenvalue weighted by molar-refractivity contribution is 7.89. The van der Waals surface area contributed by atoms with Gasteiger partial charge in [-0.2, -0.15) is 0 Å². The summed E-state index contributed by atoms with van der Waals surface area (Å²) >= 11 is 0. The van der Waals surface area contributed by atoms with E-state index in [2.05, 4.69) is 5.32 Å². The van der Waals surface area contributed by atoms with Crippen molar-refractivity contribution in [2.75, 3.05) is 31.9 Å². The number of nitrogens with zero attached hydrogens (tertiary/aromatic N) is 1. The minimum atomic E-state index is -3.89. The topological polar surface area (TPSA) is 124 Å². The van der Waals surface area contributed by atoms with Gasteiger partial charge in [-0.1, -0.05) is 36.4 Å². The lowest BCUT2D eigenvalue weighted by Gasteiger charge is -2.43. The zero-order valence-electron chi connectivity index (χ0n) is 24.8. The van der Waals surface area contributed by atoms with Crippen molar-refractivity contribution >= 4 is 21.6 Å². The molecule has 3 aromatic carbocycles. The predicted octanol–water partition coefficient (Wildman–Crippen LogP) is 5.05. The van der Waals surface area contributed by atoms with E-state index in [1.807, 2.05) is 0 Å². The monoisotopic (exact) mass is 622 g/mol. The fourth-order valence-electron chi connectivity index (χ4n) is 6.76. The Hall–Kier alpha value is -3.60. The third kappa shape index (κ3) is 7.03. The van der Waals surface area contributed by atoms with Crippen molar-refractivity contribution in [1.82, 2.24) is 9.62 Å². The van der Waals surface area contributed by atoms with E-state index in [9.17, 15) is 32.6 Å². The molecule has 5 rings (SSSR count). The Bertz CT molecular complexity index is 1550. The van der Waals surface area contributed by atoms with Gasteiger partial charge in [0.05, 0.1) is 5.75 Å². The minimum Gasteiger partial charge on any atom is -0.508 e. The molecule has 2 heterocycles. The van der Waals surface area contributed by atoms with Crippen LogP contribution >= 0.6 is 0 Å². The second kappa shape index (κ2) is 13.6. The number of hydrogen-bond donors (Lipinski definition) is 3. The number of sulfonamides is 1. The van der Waals surface area contributed by atoms with Gasteiger partial charge in [0.25, 0.3) is 0 Å². The van der Waals surface area contributed by atoms with E-state index in [1.165, 1.54) is 65.0 Å². The SMILES string of the molecule is Cc1c(F)cccc1C1[C@@H](C(=O)c2cccc(O)c2)CN(S(=O)(=O)CCCC2CCCNC2)C[C@H]1C(=O)c1cccc(O)c1. The van der Waals surface area contributed by atoms with Gasteiger partial charge in [-0.25, -0.2) is 17.1 Å². The number of piperidine rings is 2. The van der Waals surface area contributed by atoms with E-state index < -0.39 is 45.2 Å². The number of benzene rings is 3. The summed E-state index contributed by atoms with van der Waals surface area (Å²) in [5.41, 5.74) is 1.06. The third-order valence-electron chi connectivity index (χ3n) is 9.08. The molecule has 3 N–H and O–H groups in total. The van der Waals surface area contributed by atoms with Crippen molar-refractivity contribution in [2.24, 2.45) is 17.8 Å². The molecule has 2 fully saturated rings. The first-order chi connectivity index (χ1) is 21.0. The van der Waals surface area contributed by atoms with Gasteiger partial charge >= 0.3 is 0 Å². The zero-order valence-corrected chi connectivity index (χ0v) is 25.6. The number of phenols is 2. The highest BCUT2D eigenvalue weighted by Gasteiger charge is 2.48. The van der Waals surface area contributed by atoms with Crippen LogP contribution in [0.5, 0.6) is 11.5 Å². The third-order valence-corrected chi connectivity index (χ3v) is 11.0. The van der Waals surface area contributed by atoms with E-state index in [-0.39, 0.29) is 47.0 Å².